The van der Waals surface area contributed by atoms with Crippen molar-refractivity contribution in [1.82, 2.24) is 9.78 Å². The van der Waals surface area contributed by atoms with Gasteiger partial charge in [-0.3, -0.25) is 4.68 Å². The van der Waals surface area contributed by atoms with Gasteiger partial charge >= 0.3 is 0 Å². The fourth-order valence-corrected chi connectivity index (χ4v) is 2.56. The van der Waals surface area contributed by atoms with E-state index >= 15 is 0 Å². The molecule has 1 atom stereocenters. The number of aryl methyl sites for hydroxylation is 1. The second kappa shape index (κ2) is 5.73. The number of nitrogens with two attached hydrogens (primary N) is 1. The molecule has 0 spiro atoms. The molecule has 0 aliphatic heterocycles. The van der Waals surface area contributed by atoms with Crippen molar-refractivity contribution in [3.8, 4) is 22.3 Å². The van der Waals surface area contributed by atoms with Gasteiger partial charge in [0, 0.05) is 36.0 Å². The van der Waals surface area contributed by atoms with E-state index in [1.54, 1.807) is 29.9 Å². The molecule has 0 saturated heterocycles. The van der Waals surface area contributed by atoms with E-state index in [0.29, 0.717) is 11.1 Å². The van der Waals surface area contributed by atoms with Gasteiger partial charge in [0.25, 0.3) is 0 Å². The van der Waals surface area contributed by atoms with Crippen molar-refractivity contribution < 1.29 is 4.39 Å². The molecule has 2 aromatic carbocycles. The summed E-state index contributed by atoms with van der Waals surface area (Å²) in [4.78, 5) is 0. The highest BCUT2D eigenvalue weighted by Gasteiger charge is 2.13. The van der Waals surface area contributed by atoms with Gasteiger partial charge < -0.3 is 5.73 Å². The van der Waals surface area contributed by atoms with Crippen LogP contribution in [-0.2, 0) is 7.05 Å². The van der Waals surface area contributed by atoms with Crippen molar-refractivity contribution >= 4 is 0 Å². The van der Waals surface area contributed by atoms with E-state index in [-0.39, 0.29) is 11.9 Å². The zero-order valence-corrected chi connectivity index (χ0v) is 12.6. The van der Waals surface area contributed by atoms with Crippen LogP contribution in [0, 0.1) is 5.82 Å². The first-order valence-electron chi connectivity index (χ1n) is 7.19. The summed E-state index contributed by atoms with van der Waals surface area (Å²) in [6.07, 6.45) is 3.74. The number of halogens is 1. The van der Waals surface area contributed by atoms with Crippen LogP contribution in [0.2, 0.25) is 0 Å². The van der Waals surface area contributed by atoms with Gasteiger partial charge in [0.15, 0.2) is 0 Å². The molecule has 0 fully saturated rings. The third-order valence-corrected chi connectivity index (χ3v) is 3.73. The predicted molar refractivity (Wildman–Crippen MR) is 86.6 cm³/mol. The summed E-state index contributed by atoms with van der Waals surface area (Å²) in [6.45, 7) is 1.79. The van der Waals surface area contributed by atoms with Crippen LogP contribution >= 0.6 is 0 Å². The van der Waals surface area contributed by atoms with Crippen LogP contribution in [0.15, 0.2) is 54.9 Å². The van der Waals surface area contributed by atoms with E-state index in [4.69, 9.17) is 5.73 Å². The maximum Gasteiger partial charge on any atom is 0.135 e. The first-order valence-corrected chi connectivity index (χ1v) is 7.19. The molecule has 3 aromatic rings. The maximum atomic E-state index is 14.7. The summed E-state index contributed by atoms with van der Waals surface area (Å²) in [5.74, 6) is -0.249. The molecule has 0 amide bonds. The number of hydrogen-bond acceptors (Lipinski definition) is 2. The molecule has 1 aromatic heterocycles. The number of nitrogens with zero attached hydrogens (tertiary/aromatic N) is 2. The molecule has 0 bridgehead atoms. The number of rotatable bonds is 3. The lowest BCUT2D eigenvalue weighted by Gasteiger charge is -2.12. The second-order valence-electron chi connectivity index (χ2n) is 5.48. The molecule has 22 heavy (non-hydrogen) atoms. The van der Waals surface area contributed by atoms with Crippen molar-refractivity contribution in [3.05, 3.63) is 66.2 Å². The first kappa shape index (κ1) is 14.5. The Kier molecular flexibility index (Phi) is 3.77. The molecule has 2 N–H and O–H groups in total. The number of aromatic nitrogens is 2. The molecule has 3 rings (SSSR count). The summed E-state index contributed by atoms with van der Waals surface area (Å²) in [5, 5.41) is 4.18. The van der Waals surface area contributed by atoms with Crippen LogP contribution in [0.4, 0.5) is 4.39 Å². The van der Waals surface area contributed by atoms with E-state index < -0.39 is 0 Å². The minimum absolute atomic E-state index is 0.249. The molecule has 1 heterocycles. The van der Waals surface area contributed by atoms with Crippen LogP contribution in [0.25, 0.3) is 22.3 Å². The Bertz CT molecular complexity index is 806. The monoisotopic (exact) mass is 295 g/mol. The average Bonchev–Trinajstić information content (AvgIpc) is 2.94. The van der Waals surface area contributed by atoms with Crippen molar-refractivity contribution in [1.29, 1.82) is 0 Å². The standard InChI is InChI=1S/C18H18FN3/c1-12(20)16-7-4-8-17(18(16)19)14-6-3-5-13(9-14)15-10-21-22(2)11-15/h3-12H,20H2,1-2H3. The number of hydrogen-bond donors (Lipinski definition) is 1. The molecule has 0 aliphatic rings. The highest BCUT2D eigenvalue weighted by atomic mass is 19.1. The van der Waals surface area contributed by atoms with E-state index in [1.807, 2.05) is 43.6 Å². The van der Waals surface area contributed by atoms with Crippen molar-refractivity contribution in [2.45, 2.75) is 13.0 Å². The lowest BCUT2D eigenvalue weighted by Crippen LogP contribution is -2.08. The quantitative estimate of drug-likeness (QED) is 0.796. The normalized spacial score (nSPS) is 12.4. The van der Waals surface area contributed by atoms with Crippen LogP contribution in [0.5, 0.6) is 0 Å². The maximum absolute atomic E-state index is 14.7. The van der Waals surface area contributed by atoms with E-state index in [9.17, 15) is 4.39 Å². The van der Waals surface area contributed by atoms with Crippen LogP contribution in [0.3, 0.4) is 0 Å². The van der Waals surface area contributed by atoms with Crippen LogP contribution < -0.4 is 5.73 Å². The minimum Gasteiger partial charge on any atom is -0.324 e. The van der Waals surface area contributed by atoms with Gasteiger partial charge in [-0.05, 0) is 24.1 Å². The fourth-order valence-electron chi connectivity index (χ4n) is 2.56. The van der Waals surface area contributed by atoms with Crippen LogP contribution in [-0.4, -0.2) is 9.78 Å². The van der Waals surface area contributed by atoms with Crippen LogP contribution in [0.1, 0.15) is 18.5 Å². The fraction of sp³-hybridized carbons (Fsp3) is 0.167. The number of benzene rings is 2. The highest BCUT2D eigenvalue weighted by molar-refractivity contribution is 5.73. The predicted octanol–water partition coefficient (Wildman–Crippen LogP) is 3.91. The molecule has 0 saturated carbocycles. The SMILES string of the molecule is CC(N)c1cccc(-c2cccc(-c3cnn(C)c3)c2)c1F. The van der Waals surface area contributed by atoms with E-state index in [2.05, 4.69) is 5.10 Å². The summed E-state index contributed by atoms with van der Waals surface area (Å²) < 4.78 is 16.4. The third-order valence-electron chi connectivity index (χ3n) is 3.73. The zero-order valence-electron chi connectivity index (χ0n) is 12.6. The Hall–Kier alpha value is -2.46. The minimum atomic E-state index is -0.332. The molecular weight excluding hydrogens is 277 g/mol. The van der Waals surface area contributed by atoms with Gasteiger partial charge in [0.1, 0.15) is 5.82 Å². The molecule has 112 valence electrons. The summed E-state index contributed by atoms with van der Waals surface area (Å²) >= 11 is 0. The Morgan fingerprint density at radius 2 is 1.82 bits per heavy atom. The first-order chi connectivity index (χ1) is 10.6. The van der Waals surface area contributed by atoms with Gasteiger partial charge in [-0.2, -0.15) is 5.10 Å². The van der Waals surface area contributed by atoms with Gasteiger partial charge in [-0.15, -0.1) is 0 Å². The Morgan fingerprint density at radius 3 is 2.50 bits per heavy atom. The van der Waals surface area contributed by atoms with Gasteiger partial charge in [0.2, 0.25) is 0 Å². The Morgan fingerprint density at radius 1 is 1.09 bits per heavy atom. The summed E-state index contributed by atoms with van der Waals surface area (Å²) in [7, 11) is 1.87. The Labute approximate surface area is 129 Å². The van der Waals surface area contributed by atoms with Crippen molar-refractivity contribution in [2.24, 2.45) is 12.8 Å². The summed E-state index contributed by atoms with van der Waals surface area (Å²) in [5.41, 5.74) is 9.79. The lowest BCUT2D eigenvalue weighted by molar-refractivity contribution is 0.597. The van der Waals surface area contributed by atoms with Gasteiger partial charge in [-0.25, -0.2) is 4.39 Å². The Balaban J connectivity index is 2.08. The van der Waals surface area contributed by atoms with Crippen molar-refractivity contribution in [3.63, 3.8) is 0 Å². The molecule has 0 radical (unpaired) electrons. The van der Waals surface area contributed by atoms with E-state index in [0.717, 1.165) is 16.7 Å². The third kappa shape index (κ3) is 2.65. The average molecular weight is 295 g/mol. The molecule has 0 aliphatic carbocycles. The topological polar surface area (TPSA) is 43.8 Å². The van der Waals surface area contributed by atoms with Crippen molar-refractivity contribution in [2.75, 3.05) is 0 Å². The molecule has 1 unspecified atom stereocenters. The summed E-state index contributed by atoms with van der Waals surface area (Å²) in [6, 6.07) is 12.8. The highest BCUT2D eigenvalue weighted by Crippen LogP contribution is 2.30. The lowest BCUT2D eigenvalue weighted by atomic mass is 9.97. The van der Waals surface area contributed by atoms with E-state index in [1.165, 1.54) is 0 Å². The molecular formula is C18H18FN3. The zero-order chi connectivity index (χ0) is 15.7. The smallest absolute Gasteiger partial charge is 0.135 e. The largest absolute Gasteiger partial charge is 0.324 e. The van der Waals surface area contributed by atoms with Gasteiger partial charge in [0.05, 0.1) is 6.20 Å². The second-order valence-corrected chi connectivity index (χ2v) is 5.48. The molecule has 4 heteroatoms. The molecule has 3 nitrogen and oxygen atoms in total. The van der Waals surface area contributed by atoms with Gasteiger partial charge in [-0.1, -0.05) is 36.4 Å².